The Morgan fingerprint density at radius 3 is 2.44 bits per heavy atom. The third kappa shape index (κ3) is 3.69. The van der Waals surface area contributed by atoms with E-state index in [1.165, 1.54) is 11.8 Å². The predicted molar refractivity (Wildman–Crippen MR) is 97.3 cm³/mol. The van der Waals surface area contributed by atoms with E-state index in [0.717, 1.165) is 18.5 Å². The summed E-state index contributed by atoms with van der Waals surface area (Å²) in [6, 6.07) is 8.45. The Balaban J connectivity index is 1.77. The number of aromatic hydroxyl groups is 1. The van der Waals surface area contributed by atoms with Crippen LogP contribution in [0.1, 0.15) is 48.7 Å². The van der Waals surface area contributed by atoms with Gasteiger partial charge in [0.15, 0.2) is 11.4 Å². The lowest BCUT2D eigenvalue weighted by Gasteiger charge is -2.31. The lowest BCUT2D eigenvalue weighted by Crippen LogP contribution is -2.44. The molecule has 0 unspecified atom stereocenters. The first-order chi connectivity index (χ1) is 12.0. The molecular weight excluding hydrogens is 316 g/mol. The van der Waals surface area contributed by atoms with E-state index in [9.17, 15) is 9.90 Å². The van der Waals surface area contributed by atoms with Gasteiger partial charge >= 0.3 is 0 Å². The Morgan fingerprint density at radius 1 is 1.24 bits per heavy atom. The molecule has 2 N–H and O–H groups in total. The Labute approximate surface area is 148 Å². The molecule has 0 spiro atoms. The molecule has 0 saturated carbocycles. The van der Waals surface area contributed by atoms with Crippen LogP contribution in [0.25, 0.3) is 5.69 Å². The summed E-state index contributed by atoms with van der Waals surface area (Å²) in [7, 11) is 1.94. The minimum absolute atomic E-state index is 0.0753. The SMILES string of the molecule is CNC1CCN(C(=O)c2nn(-c3ccc(C(C)C)cc3)cc2O)CC1. The van der Waals surface area contributed by atoms with Crippen LogP contribution >= 0.6 is 0 Å². The number of carbonyl (C=O) groups excluding carboxylic acids is 1. The first-order valence-corrected chi connectivity index (χ1v) is 8.85. The molecule has 1 aliphatic rings. The van der Waals surface area contributed by atoms with E-state index < -0.39 is 0 Å². The minimum Gasteiger partial charge on any atom is -0.504 e. The summed E-state index contributed by atoms with van der Waals surface area (Å²) in [6.45, 7) is 5.64. The predicted octanol–water partition coefficient (Wildman–Crippen LogP) is 2.53. The molecule has 6 heteroatoms. The second-order valence-electron chi connectivity index (χ2n) is 6.91. The zero-order valence-electron chi connectivity index (χ0n) is 15.1. The zero-order valence-corrected chi connectivity index (χ0v) is 15.1. The molecule has 1 aromatic carbocycles. The van der Waals surface area contributed by atoms with Gasteiger partial charge in [-0.3, -0.25) is 4.79 Å². The number of rotatable bonds is 4. The van der Waals surface area contributed by atoms with Crippen molar-refractivity contribution in [3.63, 3.8) is 0 Å². The topological polar surface area (TPSA) is 70.4 Å². The number of hydrogen-bond donors (Lipinski definition) is 2. The van der Waals surface area contributed by atoms with E-state index in [2.05, 4.69) is 24.3 Å². The van der Waals surface area contributed by atoms with Crippen molar-refractivity contribution >= 4 is 5.91 Å². The van der Waals surface area contributed by atoms with Crippen molar-refractivity contribution < 1.29 is 9.90 Å². The Bertz CT molecular complexity index is 728. The molecular formula is C19H26N4O2. The van der Waals surface area contributed by atoms with E-state index >= 15 is 0 Å². The summed E-state index contributed by atoms with van der Waals surface area (Å²) >= 11 is 0. The quantitative estimate of drug-likeness (QED) is 0.896. The number of nitrogens with one attached hydrogen (secondary N) is 1. The fraction of sp³-hybridized carbons (Fsp3) is 0.474. The van der Waals surface area contributed by atoms with Gasteiger partial charge in [-0.25, -0.2) is 4.68 Å². The molecule has 2 heterocycles. The highest BCUT2D eigenvalue weighted by Crippen LogP contribution is 2.23. The molecule has 0 atom stereocenters. The van der Waals surface area contributed by atoms with Crippen molar-refractivity contribution in [1.82, 2.24) is 20.0 Å². The molecule has 3 rings (SSSR count). The summed E-state index contributed by atoms with van der Waals surface area (Å²) in [5.74, 6) is 0.177. The van der Waals surface area contributed by atoms with Gasteiger partial charge in [0.25, 0.3) is 5.91 Å². The molecule has 134 valence electrons. The van der Waals surface area contributed by atoms with Crippen molar-refractivity contribution in [2.45, 2.75) is 38.6 Å². The van der Waals surface area contributed by atoms with Crippen LogP contribution in [0.5, 0.6) is 5.75 Å². The average molecular weight is 342 g/mol. The fourth-order valence-electron chi connectivity index (χ4n) is 3.18. The highest BCUT2D eigenvalue weighted by Gasteiger charge is 2.26. The maximum atomic E-state index is 12.7. The normalized spacial score (nSPS) is 15.8. The van der Waals surface area contributed by atoms with Crippen LogP contribution in [-0.4, -0.2) is 51.9 Å². The summed E-state index contributed by atoms with van der Waals surface area (Å²) in [5, 5.41) is 17.8. The number of aromatic nitrogens is 2. The highest BCUT2D eigenvalue weighted by atomic mass is 16.3. The third-order valence-corrected chi connectivity index (χ3v) is 4.91. The lowest BCUT2D eigenvalue weighted by molar-refractivity contribution is 0.0698. The molecule has 1 fully saturated rings. The summed E-state index contributed by atoms with van der Waals surface area (Å²) < 4.78 is 1.56. The van der Waals surface area contributed by atoms with Gasteiger partial charge in [-0.1, -0.05) is 26.0 Å². The molecule has 1 amide bonds. The monoisotopic (exact) mass is 342 g/mol. The van der Waals surface area contributed by atoms with Crippen LogP contribution in [0, 0.1) is 0 Å². The average Bonchev–Trinajstić information content (AvgIpc) is 3.03. The second-order valence-corrected chi connectivity index (χ2v) is 6.91. The Hall–Kier alpha value is -2.34. The molecule has 0 aliphatic carbocycles. The van der Waals surface area contributed by atoms with E-state index in [-0.39, 0.29) is 17.4 Å². The first kappa shape index (κ1) is 17.5. The molecule has 1 saturated heterocycles. The van der Waals surface area contributed by atoms with Crippen LogP contribution in [0.3, 0.4) is 0 Å². The highest BCUT2D eigenvalue weighted by molar-refractivity contribution is 5.94. The Kier molecular flexibility index (Phi) is 5.08. The molecule has 1 aromatic heterocycles. The van der Waals surface area contributed by atoms with Gasteiger partial charge in [0, 0.05) is 19.1 Å². The molecule has 0 bridgehead atoms. The maximum absolute atomic E-state index is 12.7. The molecule has 0 radical (unpaired) electrons. The molecule has 25 heavy (non-hydrogen) atoms. The van der Waals surface area contributed by atoms with Gasteiger partial charge in [-0.05, 0) is 43.5 Å². The number of carbonyl (C=O) groups is 1. The minimum atomic E-state index is -0.204. The van der Waals surface area contributed by atoms with Gasteiger partial charge in [0.05, 0.1) is 11.9 Å². The van der Waals surface area contributed by atoms with E-state index in [0.29, 0.717) is 25.0 Å². The number of hydrogen-bond acceptors (Lipinski definition) is 4. The number of likely N-dealkylation sites (tertiary alicyclic amines) is 1. The van der Waals surface area contributed by atoms with Gasteiger partial charge in [-0.15, -0.1) is 0 Å². The van der Waals surface area contributed by atoms with Crippen molar-refractivity contribution in [3.05, 3.63) is 41.7 Å². The van der Waals surface area contributed by atoms with E-state index in [1.807, 2.05) is 31.3 Å². The van der Waals surface area contributed by atoms with Crippen LogP contribution in [0.4, 0.5) is 0 Å². The smallest absolute Gasteiger partial charge is 0.278 e. The van der Waals surface area contributed by atoms with Crippen molar-refractivity contribution in [2.24, 2.45) is 0 Å². The van der Waals surface area contributed by atoms with Crippen LogP contribution in [0.15, 0.2) is 30.5 Å². The van der Waals surface area contributed by atoms with Crippen molar-refractivity contribution in [3.8, 4) is 11.4 Å². The van der Waals surface area contributed by atoms with E-state index in [4.69, 9.17) is 0 Å². The number of piperidine rings is 1. The summed E-state index contributed by atoms with van der Waals surface area (Å²) in [5.41, 5.74) is 2.19. The van der Waals surface area contributed by atoms with Crippen LogP contribution in [-0.2, 0) is 0 Å². The largest absolute Gasteiger partial charge is 0.504 e. The van der Waals surface area contributed by atoms with Gasteiger partial charge in [-0.2, -0.15) is 5.10 Å². The first-order valence-electron chi connectivity index (χ1n) is 8.85. The fourth-order valence-corrected chi connectivity index (χ4v) is 3.18. The van der Waals surface area contributed by atoms with E-state index in [1.54, 1.807) is 9.58 Å². The van der Waals surface area contributed by atoms with Crippen LogP contribution in [0.2, 0.25) is 0 Å². The van der Waals surface area contributed by atoms with Gasteiger partial charge in [0.1, 0.15) is 0 Å². The van der Waals surface area contributed by atoms with Crippen LogP contribution < -0.4 is 5.32 Å². The number of benzene rings is 1. The molecule has 2 aromatic rings. The standard InChI is InChI=1S/C19H26N4O2/c1-13(2)14-4-6-16(7-5-14)23-12-17(24)18(21-23)19(25)22-10-8-15(20-3)9-11-22/h4-7,12-13,15,20,24H,8-11H2,1-3H3. The second kappa shape index (κ2) is 7.27. The number of nitrogens with zero attached hydrogens (tertiary/aromatic N) is 3. The molecule has 1 aliphatic heterocycles. The van der Waals surface area contributed by atoms with Gasteiger partial charge in [0.2, 0.25) is 0 Å². The maximum Gasteiger partial charge on any atom is 0.278 e. The van der Waals surface area contributed by atoms with Gasteiger partial charge < -0.3 is 15.3 Å². The number of amides is 1. The zero-order chi connectivity index (χ0) is 18.0. The lowest BCUT2D eigenvalue weighted by atomic mass is 10.0. The van der Waals surface area contributed by atoms with Crippen molar-refractivity contribution in [2.75, 3.05) is 20.1 Å². The van der Waals surface area contributed by atoms with Crippen molar-refractivity contribution in [1.29, 1.82) is 0 Å². The Morgan fingerprint density at radius 2 is 1.88 bits per heavy atom. The summed E-state index contributed by atoms with van der Waals surface area (Å²) in [6.07, 6.45) is 3.33. The third-order valence-electron chi connectivity index (χ3n) is 4.91. The summed E-state index contributed by atoms with van der Waals surface area (Å²) in [4.78, 5) is 14.4. The molecule has 6 nitrogen and oxygen atoms in total.